The first kappa shape index (κ1) is 10.5. The zero-order chi connectivity index (χ0) is 11.2. The molecule has 2 heteroatoms. The van der Waals surface area contributed by atoms with Crippen LogP contribution in [0.4, 0.5) is 0 Å². The first-order valence-electron chi connectivity index (χ1n) is 5.33. The Hall–Kier alpha value is -1.02. The molecule has 1 aromatic rings. The van der Waals surface area contributed by atoms with E-state index < -0.39 is 0 Å². The van der Waals surface area contributed by atoms with Crippen LogP contribution in [0.25, 0.3) is 0 Å². The van der Waals surface area contributed by atoms with E-state index in [1.807, 2.05) is 19.1 Å². The largest absolute Gasteiger partial charge is 0.496 e. The minimum Gasteiger partial charge on any atom is -0.496 e. The average Bonchev–Trinajstić information content (AvgIpc) is 2.39. The van der Waals surface area contributed by atoms with Gasteiger partial charge in [-0.25, -0.2) is 0 Å². The van der Waals surface area contributed by atoms with Crippen LogP contribution in [0.5, 0.6) is 5.75 Å². The smallest absolute Gasteiger partial charge is 0.122 e. The fourth-order valence-electron chi connectivity index (χ4n) is 2.69. The standard InChI is InChI=1S/C13H18O2/c1-8-5-6-10(15-4)12-11(8)9(14)7-13(12,2)3/h5-6,9,14H,7H2,1-4H3/t9-/m0/s1. The van der Waals surface area contributed by atoms with Gasteiger partial charge in [0, 0.05) is 5.56 Å². The predicted octanol–water partition coefficient (Wildman–Crippen LogP) is 2.72. The lowest BCUT2D eigenvalue weighted by molar-refractivity contribution is 0.161. The summed E-state index contributed by atoms with van der Waals surface area (Å²) in [5.41, 5.74) is 3.41. The quantitative estimate of drug-likeness (QED) is 0.765. The minimum absolute atomic E-state index is 0.00606. The molecule has 0 radical (unpaired) electrons. The highest BCUT2D eigenvalue weighted by Crippen LogP contribution is 2.49. The van der Waals surface area contributed by atoms with Gasteiger partial charge in [0.15, 0.2) is 0 Å². The summed E-state index contributed by atoms with van der Waals surface area (Å²) in [7, 11) is 1.69. The Bertz CT molecular complexity index is 394. The molecule has 15 heavy (non-hydrogen) atoms. The first-order chi connectivity index (χ1) is 6.97. The predicted molar refractivity (Wildman–Crippen MR) is 60.3 cm³/mol. The van der Waals surface area contributed by atoms with E-state index in [-0.39, 0.29) is 11.5 Å². The molecule has 0 aliphatic heterocycles. The first-order valence-corrected chi connectivity index (χ1v) is 5.33. The summed E-state index contributed by atoms with van der Waals surface area (Å²) in [6.45, 7) is 6.36. The van der Waals surface area contributed by atoms with Crippen molar-refractivity contribution in [2.24, 2.45) is 0 Å². The van der Waals surface area contributed by atoms with Crippen LogP contribution >= 0.6 is 0 Å². The molecule has 0 unspecified atom stereocenters. The molecule has 0 amide bonds. The zero-order valence-corrected chi connectivity index (χ0v) is 9.79. The number of ether oxygens (including phenoxy) is 1. The molecule has 1 atom stereocenters. The molecule has 1 N–H and O–H groups in total. The summed E-state index contributed by atoms with van der Waals surface area (Å²) in [4.78, 5) is 0. The topological polar surface area (TPSA) is 29.5 Å². The van der Waals surface area contributed by atoms with Gasteiger partial charge in [-0.2, -0.15) is 0 Å². The van der Waals surface area contributed by atoms with E-state index in [1.54, 1.807) is 7.11 Å². The SMILES string of the molecule is COc1ccc(C)c2c1C(C)(C)C[C@@H]2O. The Labute approximate surface area is 90.9 Å². The van der Waals surface area contributed by atoms with Crippen LogP contribution in [0, 0.1) is 6.92 Å². The van der Waals surface area contributed by atoms with Crippen LogP contribution in [0.3, 0.4) is 0 Å². The highest BCUT2D eigenvalue weighted by Gasteiger charge is 2.39. The summed E-state index contributed by atoms with van der Waals surface area (Å²) < 4.78 is 5.38. The number of aliphatic hydroxyl groups excluding tert-OH is 1. The van der Waals surface area contributed by atoms with E-state index >= 15 is 0 Å². The average molecular weight is 206 g/mol. The Morgan fingerprint density at radius 1 is 1.40 bits per heavy atom. The third kappa shape index (κ3) is 1.44. The van der Waals surface area contributed by atoms with E-state index in [9.17, 15) is 5.11 Å². The maximum atomic E-state index is 10.1. The van der Waals surface area contributed by atoms with Gasteiger partial charge in [-0.3, -0.25) is 0 Å². The van der Waals surface area contributed by atoms with Crippen molar-refractivity contribution in [3.63, 3.8) is 0 Å². The third-order valence-corrected chi connectivity index (χ3v) is 3.36. The molecule has 82 valence electrons. The van der Waals surface area contributed by atoms with Crippen LogP contribution < -0.4 is 4.74 Å². The van der Waals surface area contributed by atoms with Crippen molar-refractivity contribution in [1.82, 2.24) is 0 Å². The molecule has 0 aromatic heterocycles. The number of aryl methyl sites for hydroxylation is 1. The van der Waals surface area contributed by atoms with E-state index in [0.717, 1.165) is 23.3 Å². The van der Waals surface area contributed by atoms with Crippen LogP contribution in [-0.2, 0) is 5.41 Å². The number of benzene rings is 1. The Balaban J connectivity index is 2.71. The van der Waals surface area contributed by atoms with Crippen molar-refractivity contribution in [3.8, 4) is 5.75 Å². The lowest BCUT2D eigenvalue weighted by Gasteiger charge is -2.21. The number of methoxy groups -OCH3 is 1. The second-order valence-corrected chi connectivity index (χ2v) is 4.98. The molecule has 0 spiro atoms. The fraction of sp³-hybridized carbons (Fsp3) is 0.538. The van der Waals surface area contributed by atoms with Gasteiger partial charge in [-0.15, -0.1) is 0 Å². The van der Waals surface area contributed by atoms with Gasteiger partial charge >= 0.3 is 0 Å². The summed E-state index contributed by atoms with van der Waals surface area (Å²) in [5, 5.41) is 10.1. The number of hydrogen-bond acceptors (Lipinski definition) is 2. The van der Waals surface area contributed by atoms with Crippen molar-refractivity contribution in [1.29, 1.82) is 0 Å². The minimum atomic E-state index is -0.343. The summed E-state index contributed by atoms with van der Waals surface area (Å²) in [6.07, 6.45) is 0.439. The second kappa shape index (κ2) is 3.24. The molecular formula is C13H18O2. The molecule has 1 aromatic carbocycles. The molecule has 1 aliphatic carbocycles. The monoisotopic (exact) mass is 206 g/mol. The van der Waals surface area contributed by atoms with Crippen LogP contribution in [0.2, 0.25) is 0 Å². The molecule has 2 nitrogen and oxygen atoms in total. The molecule has 0 saturated heterocycles. The maximum absolute atomic E-state index is 10.1. The highest BCUT2D eigenvalue weighted by atomic mass is 16.5. The molecule has 0 fully saturated rings. The second-order valence-electron chi connectivity index (χ2n) is 4.98. The molecule has 2 rings (SSSR count). The van der Waals surface area contributed by atoms with E-state index in [2.05, 4.69) is 13.8 Å². The Kier molecular flexibility index (Phi) is 2.27. The van der Waals surface area contributed by atoms with Crippen molar-refractivity contribution in [2.45, 2.75) is 38.7 Å². The fourth-order valence-corrected chi connectivity index (χ4v) is 2.69. The number of aliphatic hydroxyl groups is 1. The van der Waals surface area contributed by atoms with Gasteiger partial charge in [0.2, 0.25) is 0 Å². The molecule has 0 bridgehead atoms. The normalized spacial score (nSPS) is 22.6. The molecule has 0 saturated carbocycles. The lowest BCUT2D eigenvalue weighted by atomic mass is 9.85. The van der Waals surface area contributed by atoms with Gasteiger partial charge < -0.3 is 9.84 Å². The number of hydrogen-bond donors (Lipinski definition) is 1. The van der Waals surface area contributed by atoms with E-state index in [0.29, 0.717) is 0 Å². The van der Waals surface area contributed by atoms with Crippen LogP contribution in [0.1, 0.15) is 43.1 Å². The summed E-state index contributed by atoms with van der Waals surface area (Å²) in [6, 6.07) is 4.01. The van der Waals surface area contributed by atoms with Crippen molar-refractivity contribution in [3.05, 3.63) is 28.8 Å². The third-order valence-electron chi connectivity index (χ3n) is 3.36. The van der Waals surface area contributed by atoms with E-state index in [1.165, 1.54) is 5.56 Å². The zero-order valence-electron chi connectivity index (χ0n) is 9.79. The van der Waals surface area contributed by atoms with Gasteiger partial charge in [-0.1, -0.05) is 19.9 Å². The van der Waals surface area contributed by atoms with Gasteiger partial charge in [0.1, 0.15) is 5.75 Å². The maximum Gasteiger partial charge on any atom is 0.122 e. The van der Waals surface area contributed by atoms with Gasteiger partial charge in [0.25, 0.3) is 0 Å². The van der Waals surface area contributed by atoms with Gasteiger partial charge in [-0.05, 0) is 36.0 Å². The summed E-state index contributed by atoms with van der Waals surface area (Å²) in [5.74, 6) is 0.900. The van der Waals surface area contributed by atoms with Crippen molar-refractivity contribution in [2.75, 3.05) is 7.11 Å². The van der Waals surface area contributed by atoms with Gasteiger partial charge in [0.05, 0.1) is 13.2 Å². The van der Waals surface area contributed by atoms with Crippen LogP contribution in [0.15, 0.2) is 12.1 Å². The highest BCUT2D eigenvalue weighted by molar-refractivity contribution is 5.53. The van der Waals surface area contributed by atoms with E-state index in [4.69, 9.17) is 4.74 Å². The van der Waals surface area contributed by atoms with Crippen molar-refractivity contribution < 1.29 is 9.84 Å². The molecule has 0 heterocycles. The number of rotatable bonds is 1. The molecule has 1 aliphatic rings. The summed E-state index contributed by atoms with van der Waals surface area (Å²) >= 11 is 0. The lowest BCUT2D eigenvalue weighted by Crippen LogP contribution is -2.13. The molecular weight excluding hydrogens is 188 g/mol. The number of fused-ring (bicyclic) bond motifs is 1. The van der Waals surface area contributed by atoms with Crippen LogP contribution in [-0.4, -0.2) is 12.2 Å². The Morgan fingerprint density at radius 3 is 2.67 bits per heavy atom. The van der Waals surface area contributed by atoms with Crippen molar-refractivity contribution >= 4 is 0 Å². The Morgan fingerprint density at radius 2 is 2.07 bits per heavy atom.